The Hall–Kier alpha value is -3.33. The third kappa shape index (κ3) is 4.80. The number of hydrogen-bond acceptors (Lipinski definition) is 7. The molecule has 160 valence electrons. The van der Waals surface area contributed by atoms with Gasteiger partial charge in [0.1, 0.15) is 23.8 Å². The van der Waals surface area contributed by atoms with Crippen LogP contribution in [0.25, 0.3) is 0 Å². The van der Waals surface area contributed by atoms with Gasteiger partial charge in [0.05, 0.1) is 32.4 Å². The molecule has 0 bridgehead atoms. The molecular weight excluding hydrogens is 390 g/mol. The van der Waals surface area contributed by atoms with Crippen LogP contribution in [-0.4, -0.2) is 57.9 Å². The molecule has 0 spiro atoms. The molecule has 1 fully saturated rings. The monoisotopic (exact) mass is 415 g/mol. The van der Waals surface area contributed by atoms with E-state index in [1.165, 1.54) is 7.11 Å². The molecule has 1 saturated heterocycles. The van der Waals surface area contributed by atoms with Gasteiger partial charge in [-0.1, -0.05) is 0 Å². The number of hydrogen-bond donors (Lipinski definition) is 1. The fourth-order valence-corrected chi connectivity index (χ4v) is 3.18. The van der Waals surface area contributed by atoms with Crippen LogP contribution in [0.15, 0.2) is 36.5 Å². The van der Waals surface area contributed by atoms with Gasteiger partial charge in [-0.05, 0) is 24.3 Å². The van der Waals surface area contributed by atoms with Crippen LogP contribution in [0.4, 0.5) is 11.4 Å². The molecule has 2 aromatic rings. The zero-order valence-electron chi connectivity index (χ0n) is 17.2. The standard InChI is InChI=1S/C21H25N3O6/c1-27-9-10-30-21-16(5-4-8-22-21)23-20(26)14-11-19(25)24(13-14)17-12-15(28-2)6-7-18(17)29-3/h4-8,12,14H,9-11,13H2,1-3H3,(H,23,26). The van der Waals surface area contributed by atoms with Gasteiger partial charge in [0.2, 0.25) is 17.7 Å². The van der Waals surface area contributed by atoms with Crippen molar-refractivity contribution in [3.8, 4) is 17.4 Å². The molecule has 3 rings (SSSR count). The summed E-state index contributed by atoms with van der Waals surface area (Å²) in [5.74, 6) is 0.465. The second-order valence-electron chi connectivity index (χ2n) is 6.63. The molecule has 0 saturated carbocycles. The molecule has 1 aromatic carbocycles. The highest BCUT2D eigenvalue weighted by molar-refractivity contribution is 6.04. The highest BCUT2D eigenvalue weighted by Crippen LogP contribution is 2.36. The van der Waals surface area contributed by atoms with Crippen molar-refractivity contribution in [2.24, 2.45) is 5.92 Å². The maximum absolute atomic E-state index is 12.8. The number of rotatable bonds is 9. The Labute approximate surface area is 174 Å². The van der Waals surface area contributed by atoms with Crippen molar-refractivity contribution >= 4 is 23.2 Å². The lowest BCUT2D eigenvalue weighted by atomic mass is 10.1. The number of pyridine rings is 1. The van der Waals surface area contributed by atoms with Crippen molar-refractivity contribution in [2.45, 2.75) is 6.42 Å². The minimum absolute atomic E-state index is 0.0896. The van der Waals surface area contributed by atoms with Gasteiger partial charge in [0, 0.05) is 32.3 Å². The predicted octanol–water partition coefficient (Wildman–Crippen LogP) is 2.12. The summed E-state index contributed by atoms with van der Waals surface area (Å²) in [5, 5.41) is 2.82. The Balaban J connectivity index is 1.72. The topological polar surface area (TPSA) is 99.2 Å². The first-order chi connectivity index (χ1) is 14.6. The fourth-order valence-electron chi connectivity index (χ4n) is 3.18. The first kappa shape index (κ1) is 21.4. The number of carbonyl (C=O) groups excluding carboxylic acids is 2. The normalized spacial score (nSPS) is 15.8. The van der Waals surface area contributed by atoms with E-state index in [0.717, 1.165) is 0 Å². The van der Waals surface area contributed by atoms with Crippen LogP contribution in [0.2, 0.25) is 0 Å². The van der Waals surface area contributed by atoms with Crippen molar-refractivity contribution in [1.82, 2.24) is 4.98 Å². The molecule has 2 amide bonds. The van der Waals surface area contributed by atoms with E-state index in [1.807, 2.05) is 0 Å². The number of aromatic nitrogens is 1. The number of anilines is 2. The Morgan fingerprint density at radius 1 is 1.20 bits per heavy atom. The zero-order chi connectivity index (χ0) is 21.5. The molecule has 2 heterocycles. The Morgan fingerprint density at radius 2 is 2.03 bits per heavy atom. The van der Waals surface area contributed by atoms with E-state index < -0.39 is 5.92 Å². The molecule has 1 aliphatic heterocycles. The summed E-state index contributed by atoms with van der Waals surface area (Å²) in [5.41, 5.74) is 1.02. The van der Waals surface area contributed by atoms with Crippen LogP contribution < -0.4 is 24.4 Å². The van der Waals surface area contributed by atoms with Crippen molar-refractivity contribution in [1.29, 1.82) is 0 Å². The summed E-state index contributed by atoms with van der Waals surface area (Å²) in [4.78, 5) is 31.2. The smallest absolute Gasteiger partial charge is 0.237 e. The van der Waals surface area contributed by atoms with Crippen molar-refractivity contribution in [2.75, 3.05) is 51.3 Å². The molecule has 1 N–H and O–H groups in total. The summed E-state index contributed by atoms with van der Waals surface area (Å²) >= 11 is 0. The van der Waals surface area contributed by atoms with Gasteiger partial charge in [0.25, 0.3) is 0 Å². The van der Waals surface area contributed by atoms with E-state index in [2.05, 4.69) is 10.3 Å². The minimum atomic E-state index is -0.527. The van der Waals surface area contributed by atoms with Crippen molar-refractivity contribution in [3.63, 3.8) is 0 Å². The lowest BCUT2D eigenvalue weighted by Gasteiger charge is -2.20. The molecule has 30 heavy (non-hydrogen) atoms. The predicted molar refractivity (Wildman–Crippen MR) is 110 cm³/mol. The van der Waals surface area contributed by atoms with Gasteiger partial charge in [-0.15, -0.1) is 0 Å². The number of nitrogens with one attached hydrogen (secondary N) is 1. The molecule has 9 nitrogen and oxygen atoms in total. The quantitative estimate of drug-likeness (QED) is 0.626. The number of carbonyl (C=O) groups is 2. The summed E-state index contributed by atoms with van der Waals surface area (Å²) in [6, 6.07) is 8.60. The van der Waals surface area contributed by atoms with Gasteiger partial charge in [-0.2, -0.15) is 0 Å². The van der Waals surface area contributed by atoms with E-state index in [4.69, 9.17) is 18.9 Å². The van der Waals surface area contributed by atoms with Gasteiger partial charge >= 0.3 is 0 Å². The molecular formula is C21H25N3O6. The largest absolute Gasteiger partial charge is 0.497 e. The van der Waals surface area contributed by atoms with Gasteiger partial charge in [-0.25, -0.2) is 4.98 Å². The molecule has 1 atom stereocenters. The number of ether oxygens (including phenoxy) is 4. The molecule has 0 aliphatic carbocycles. The third-order valence-corrected chi connectivity index (χ3v) is 4.73. The highest BCUT2D eigenvalue weighted by atomic mass is 16.5. The second-order valence-corrected chi connectivity index (χ2v) is 6.63. The Kier molecular flexibility index (Phi) is 7.08. The van der Waals surface area contributed by atoms with E-state index in [-0.39, 0.29) is 24.8 Å². The summed E-state index contributed by atoms with van der Waals surface area (Å²) in [6.07, 6.45) is 1.67. The second kappa shape index (κ2) is 9.93. The van der Waals surface area contributed by atoms with Crippen LogP contribution in [-0.2, 0) is 14.3 Å². The van der Waals surface area contributed by atoms with Crippen LogP contribution >= 0.6 is 0 Å². The Bertz CT molecular complexity index is 904. The SMILES string of the molecule is COCCOc1ncccc1NC(=O)C1CC(=O)N(c2cc(OC)ccc2OC)C1. The molecule has 1 aromatic heterocycles. The lowest BCUT2D eigenvalue weighted by molar-refractivity contribution is -0.122. The first-order valence-electron chi connectivity index (χ1n) is 9.47. The van der Waals surface area contributed by atoms with Crippen LogP contribution in [0.5, 0.6) is 17.4 Å². The average molecular weight is 415 g/mol. The molecule has 1 aliphatic rings. The summed E-state index contributed by atoms with van der Waals surface area (Å²) in [6.45, 7) is 0.939. The summed E-state index contributed by atoms with van der Waals surface area (Å²) < 4.78 is 21.1. The lowest BCUT2D eigenvalue weighted by Crippen LogP contribution is -2.28. The van der Waals surface area contributed by atoms with E-state index >= 15 is 0 Å². The maximum Gasteiger partial charge on any atom is 0.237 e. The van der Waals surface area contributed by atoms with Gasteiger partial charge in [-0.3, -0.25) is 9.59 Å². The average Bonchev–Trinajstić information content (AvgIpc) is 3.16. The van der Waals surface area contributed by atoms with Gasteiger partial charge < -0.3 is 29.2 Å². The van der Waals surface area contributed by atoms with Crippen LogP contribution in [0.3, 0.4) is 0 Å². The first-order valence-corrected chi connectivity index (χ1v) is 9.47. The maximum atomic E-state index is 12.8. The molecule has 0 radical (unpaired) electrons. The van der Waals surface area contributed by atoms with E-state index in [9.17, 15) is 9.59 Å². The molecule has 9 heteroatoms. The van der Waals surface area contributed by atoms with Crippen LogP contribution in [0.1, 0.15) is 6.42 Å². The van der Waals surface area contributed by atoms with Crippen LogP contribution in [0, 0.1) is 5.92 Å². The van der Waals surface area contributed by atoms with Crippen molar-refractivity contribution < 1.29 is 28.5 Å². The van der Waals surface area contributed by atoms with Crippen molar-refractivity contribution in [3.05, 3.63) is 36.5 Å². The zero-order valence-corrected chi connectivity index (χ0v) is 17.2. The number of benzene rings is 1. The van der Waals surface area contributed by atoms with Gasteiger partial charge in [0.15, 0.2) is 0 Å². The van der Waals surface area contributed by atoms with E-state index in [0.29, 0.717) is 42.0 Å². The number of methoxy groups -OCH3 is 3. The fraction of sp³-hybridized carbons (Fsp3) is 0.381. The summed E-state index contributed by atoms with van der Waals surface area (Å²) in [7, 11) is 4.65. The number of amides is 2. The van der Waals surface area contributed by atoms with E-state index in [1.54, 1.807) is 55.6 Å². The number of nitrogens with zero attached hydrogens (tertiary/aromatic N) is 2. The highest BCUT2D eigenvalue weighted by Gasteiger charge is 2.36. The minimum Gasteiger partial charge on any atom is -0.497 e. The Morgan fingerprint density at radius 3 is 2.77 bits per heavy atom. The third-order valence-electron chi connectivity index (χ3n) is 4.73. The molecule has 1 unspecified atom stereocenters.